The molecule has 0 aliphatic carbocycles. The van der Waals surface area contributed by atoms with Crippen LogP contribution in [0, 0.1) is 11.8 Å². The Morgan fingerprint density at radius 2 is 1.77 bits per heavy atom. The fourth-order valence-electron chi connectivity index (χ4n) is 3.96. The largest absolute Gasteiger partial charge is 0.495 e. The van der Waals surface area contributed by atoms with Crippen molar-refractivity contribution >= 4 is 33.3 Å². The molecule has 8 nitrogen and oxygen atoms in total. The second-order valence-corrected chi connectivity index (χ2v) is 7.18. The predicted octanol–water partition coefficient (Wildman–Crippen LogP) is 4.08. The van der Waals surface area contributed by atoms with Crippen molar-refractivity contribution in [3.8, 4) is 11.4 Å². The van der Waals surface area contributed by atoms with Gasteiger partial charge in [0, 0.05) is 17.5 Å². The number of fused-ring (bicyclic) bond motifs is 5. The molecule has 0 bridgehead atoms. The lowest BCUT2D eigenvalue weighted by molar-refractivity contribution is -0.736. The Bertz CT molecular complexity index is 1550. The Kier molecular flexibility index (Phi) is 4.21. The molecule has 0 amide bonds. The number of ether oxygens (including phenoxy) is 1. The summed E-state index contributed by atoms with van der Waals surface area (Å²) in [6.45, 7) is 1.97. The van der Waals surface area contributed by atoms with Gasteiger partial charge >= 0.3 is 5.69 Å². The van der Waals surface area contributed by atoms with Crippen molar-refractivity contribution in [2.75, 3.05) is 14.2 Å². The standard InChI is InChI=1S/C23H19N4O4/c1-14-5-4-6-18-20(14)21-22(25-13-17(30-2)11-12-19(25)24-21)26(23(18)28)15-7-9-16(10-8-15)27(29)31-3/h4-13H,1-3H3/q+1. The third kappa shape index (κ3) is 2.76. The molecule has 0 aliphatic rings. The molecule has 5 rings (SSSR count). The van der Waals surface area contributed by atoms with E-state index in [9.17, 15) is 9.70 Å². The Balaban J connectivity index is 1.95. The van der Waals surface area contributed by atoms with Gasteiger partial charge in [0.05, 0.1) is 29.3 Å². The second-order valence-electron chi connectivity index (χ2n) is 7.18. The summed E-state index contributed by atoms with van der Waals surface area (Å²) in [5.41, 5.74) is 3.77. The summed E-state index contributed by atoms with van der Waals surface area (Å²) in [4.78, 5) is 35.4. The minimum absolute atomic E-state index is 0.172. The number of aryl methyl sites for hydroxylation is 1. The lowest BCUT2D eigenvalue weighted by atomic mass is 10.1. The predicted molar refractivity (Wildman–Crippen MR) is 117 cm³/mol. The van der Waals surface area contributed by atoms with Gasteiger partial charge in [0.1, 0.15) is 16.9 Å². The number of hydrogen-bond donors (Lipinski definition) is 0. The molecule has 0 N–H and O–H groups in total. The van der Waals surface area contributed by atoms with E-state index in [0.717, 1.165) is 10.9 Å². The van der Waals surface area contributed by atoms with Gasteiger partial charge in [-0.25, -0.2) is 9.82 Å². The molecule has 0 saturated heterocycles. The second kappa shape index (κ2) is 6.94. The van der Waals surface area contributed by atoms with Crippen LogP contribution in [0.1, 0.15) is 5.56 Å². The normalized spacial score (nSPS) is 11.3. The third-order valence-corrected chi connectivity index (χ3v) is 5.44. The first-order valence-corrected chi connectivity index (χ1v) is 9.65. The quantitative estimate of drug-likeness (QED) is 0.413. The minimum Gasteiger partial charge on any atom is -0.495 e. The maximum absolute atomic E-state index is 13.7. The Labute approximate surface area is 176 Å². The molecule has 8 heteroatoms. The number of nitrogens with zero attached hydrogens (tertiary/aromatic N) is 4. The van der Waals surface area contributed by atoms with Crippen LogP contribution in [-0.4, -0.2) is 33.1 Å². The van der Waals surface area contributed by atoms with Crippen LogP contribution in [0.2, 0.25) is 0 Å². The van der Waals surface area contributed by atoms with Gasteiger partial charge in [-0.3, -0.25) is 13.8 Å². The van der Waals surface area contributed by atoms with E-state index >= 15 is 0 Å². The first-order chi connectivity index (χ1) is 15.0. The van der Waals surface area contributed by atoms with Gasteiger partial charge in [0.15, 0.2) is 12.8 Å². The first kappa shape index (κ1) is 18.8. The van der Waals surface area contributed by atoms with Crippen molar-refractivity contribution in [2.45, 2.75) is 6.92 Å². The molecular weight excluding hydrogens is 396 g/mol. The summed E-state index contributed by atoms with van der Waals surface area (Å²) in [6.07, 6.45) is 1.81. The van der Waals surface area contributed by atoms with Crippen molar-refractivity contribution in [1.29, 1.82) is 0 Å². The highest BCUT2D eigenvalue weighted by atomic mass is 16.8. The molecule has 0 fully saturated rings. The van der Waals surface area contributed by atoms with Crippen molar-refractivity contribution in [1.82, 2.24) is 14.0 Å². The molecule has 0 radical (unpaired) electrons. The van der Waals surface area contributed by atoms with Crippen LogP contribution >= 0.6 is 0 Å². The zero-order valence-corrected chi connectivity index (χ0v) is 17.2. The van der Waals surface area contributed by atoms with Gasteiger partial charge in [0.2, 0.25) is 0 Å². The summed E-state index contributed by atoms with van der Waals surface area (Å²) >= 11 is 0. The Hall–Kier alpha value is -4.20. The van der Waals surface area contributed by atoms with Crippen LogP contribution in [-0.2, 0) is 4.84 Å². The maximum Gasteiger partial charge on any atom is 0.316 e. The number of pyridine rings is 2. The SMILES string of the molecule is COc1ccc2nc3c4c(C)cccc4c(=O)n(-c4ccc([N+](=O)OC)cc4)c3n2c1. The third-order valence-electron chi connectivity index (χ3n) is 5.44. The molecule has 31 heavy (non-hydrogen) atoms. The van der Waals surface area contributed by atoms with E-state index in [1.807, 2.05) is 47.9 Å². The van der Waals surface area contributed by atoms with Crippen LogP contribution in [0.15, 0.2) is 65.6 Å². The van der Waals surface area contributed by atoms with Gasteiger partial charge in [-0.1, -0.05) is 12.1 Å². The zero-order chi connectivity index (χ0) is 21.7. The Morgan fingerprint density at radius 3 is 2.48 bits per heavy atom. The van der Waals surface area contributed by atoms with E-state index in [4.69, 9.17) is 14.6 Å². The highest BCUT2D eigenvalue weighted by Crippen LogP contribution is 2.29. The van der Waals surface area contributed by atoms with Crippen LogP contribution in [0.25, 0.3) is 33.3 Å². The van der Waals surface area contributed by atoms with Crippen LogP contribution in [0.3, 0.4) is 0 Å². The summed E-state index contributed by atoms with van der Waals surface area (Å²) < 4.78 is 8.86. The molecule has 5 aromatic rings. The molecule has 0 aliphatic heterocycles. The molecule has 0 saturated carbocycles. The highest BCUT2D eigenvalue weighted by molar-refractivity contribution is 6.06. The van der Waals surface area contributed by atoms with Crippen molar-refractivity contribution in [2.24, 2.45) is 0 Å². The fraction of sp³-hybridized carbons (Fsp3) is 0.130. The lowest BCUT2D eigenvalue weighted by Crippen LogP contribution is -2.20. The summed E-state index contributed by atoms with van der Waals surface area (Å²) in [6, 6.07) is 16.0. The number of hydrogen-bond acceptors (Lipinski definition) is 5. The van der Waals surface area contributed by atoms with Crippen LogP contribution < -0.4 is 10.3 Å². The Morgan fingerprint density at radius 1 is 1.00 bits per heavy atom. The lowest BCUT2D eigenvalue weighted by Gasteiger charge is -2.12. The fourth-order valence-corrected chi connectivity index (χ4v) is 3.96. The molecule has 3 aromatic heterocycles. The summed E-state index contributed by atoms with van der Waals surface area (Å²) in [5.74, 6) is 0.646. The number of imidazole rings is 1. The topological polar surface area (TPSA) is 77.8 Å². The maximum atomic E-state index is 13.7. The van der Waals surface area contributed by atoms with E-state index in [-0.39, 0.29) is 5.56 Å². The molecular formula is C23H19N4O4+. The number of benzene rings is 2. The monoisotopic (exact) mass is 415 g/mol. The summed E-state index contributed by atoms with van der Waals surface area (Å²) in [5, 5.41) is 1.40. The van der Waals surface area contributed by atoms with E-state index in [2.05, 4.69) is 0 Å². The van der Waals surface area contributed by atoms with Crippen molar-refractivity contribution < 1.29 is 14.5 Å². The smallest absolute Gasteiger partial charge is 0.316 e. The van der Waals surface area contributed by atoms with Crippen LogP contribution in [0.5, 0.6) is 5.75 Å². The van der Waals surface area contributed by atoms with E-state index in [1.54, 1.807) is 35.9 Å². The van der Waals surface area contributed by atoms with Gasteiger partial charge in [-0.05, 0) is 42.8 Å². The van der Waals surface area contributed by atoms with Crippen molar-refractivity contribution in [3.05, 3.63) is 81.6 Å². The highest BCUT2D eigenvalue weighted by Gasteiger charge is 2.20. The van der Waals surface area contributed by atoms with E-state index in [1.165, 1.54) is 7.11 Å². The molecule has 0 atom stereocenters. The molecule has 3 heterocycles. The molecule has 154 valence electrons. The molecule has 2 aromatic carbocycles. The average Bonchev–Trinajstić information content (AvgIpc) is 3.17. The number of rotatable bonds is 4. The van der Waals surface area contributed by atoms with Crippen LogP contribution in [0.4, 0.5) is 5.69 Å². The van der Waals surface area contributed by atoms with Crippen molar-refractivity contribution in [3.63, 3.8) is 0 Å². The summed E-state index contributed by atoms with van der Waals surface area (Å²) in [7, 11) is 2.89. The molecule has 0 spiro atoms. The van der Waals surface area contributed by atoms with Gasteiger partial charge in [-0.15, -0.1) is 0 Å². The van der Waals surface area contributed by atoms with Gasteiger partial charge in [0.25, 0.3) is 10.5 Å². The minimum atomic E-state index is -0.172. The first-order valence-electron chi connectivity index (χ1n) is 9.65. The van der Waals surface area contributed by atoms with Gasteiger partial charge in [-0.2, -0.15) is 0 Å². The average molecular weight is 415 g/mol. The van der Waals surface area contributed by atoms with E-state index < -0.39 is 0 Å². The molecule has 0 unspecified atom stereocenters. The van der Waals surface area contributed by atoms with E-state index in [0.29, 0.717) is 44.2 Å². The number of methoxy groups -OCH3 is 1. The number of aromatic nitrogens is 3. The van der Waals surface area contributed by atoms with Gasteiger partial charge < -0.3 is 4.74 Å². The zero-order valence-electron chi connectivity index (χ0n) is 17.2.